The van der Waals surface area contributed by atoms with Crippen LogP contribution < -0.4 is 5.32 Å². The lowest BCUT2D eigenvalue weighted by Gasteiger charge is -2.03. The molecule has 0 aliphatic heterocycles. The number of nitrogens with one attached hydrogen (secondary N) is 1. The van der Waals surface area contributed by atoms with Crippen LogP contribution in [0, 0.1) is 11.6 Å². The van der Waals surface area contributed by atoms with Crippen molar-refractivity contribution in [1.82, 2.24) is 10.2 Å². The molecule has 0 atom stereocenters. The highest BCUT2D eigenvalue weighted by Crippen LogP contribution is 1.98. The van der Waals surface area contributed by atoms with Crippen LogP contribution >= 0.6 is 0 Å². The average molecular weight is 191 g/mol. The van der Waals surface area contributed by atoms with Crippen LogP contribution in [0.2, 0.25) is 19.6 Å². The van der Waals surface area contributed by atoms with E-state index in [-0.39, 0.29) is 0 Å². The van der Waals surface area contributed by atoms with Gasteiger partial charge in [0, 0.05) is 12.2 Å². The van der Waals surface area contributed by atoms with Crippen LogP contribution in [0.5, 0.6) is 0 Å². The lowest BCUT2D eigenvalue weighted by Crippen LogP contribution is -2.17. The van der Waals surface area contributed by atoms with E-state index >= 15 is 0 Å². The van der Waals surface area contributed by atoms with E-state index in [1.54, 1.807) is 6.20 Å². The highest BCUT2D eigenvalue weighted by molar-refractivity contribution is 6.83. The number of hydrogen-bond acceptors (Lipinski definition) is 3. The second-order valence-corrected chi connectivity index (χ2v) is 8.48. The highest BCUT2D eigenvalue weighted by Gasteiger charge is 2.07. The van der Waals surface area contributed by atoms with E-state index in [2.05, 4.69) is 46.7 Å². The van der Waals surface area contributed by atoms with Gasteiger partial charge in [0.15, 0.2) is 5.82 Å². The van der Waals surface area contributed by atoms with Crippen LogP contribution in [0.15, 0.2) is 18.3 Å². The van der Waals surface area contributed by atoms with Crippen molar-refractivity contribution in [1.29, 1.82) is 0 Å². The third-order valence-corrected chi connectivity index (χ3v) is 2.08. The van der Waals surface area contributed by atoms with Crippen molar-refractivity contribution in [2.24, 2.45) is 0 Å². The third-order valence-electron chi connectivity index (χ3n) is 1.20. The van der Waals surface area contributed by atoms with E-state index < -0.39 is 8.07 Å². The summed E-state index contributed by atoms with van der Waals surface area (Å²) in [6, 6.07) is 6.56. The number of rotatable bonds is 1. The van der Waals surface area contributed by atoms with Gasteiger partial charge in [-0.3, -0.25) is 5.32 Å². The molecule has 0 aromatic carbocycles. The molecule has 0 spiro atoms. The summed E-state index contributed by atoms with van der Waals surface area (Å²) in [7, 11) is -1.28. The van der Waals surface area contributed by atoms with Gasteiger partial charge in [-0.05, 0) is 12.1 Å². The van der Waals surface area contributed by atoms with Crippen LogP contribution in [0.1, 0.15) is 0 Å². The molecule has 0 fully saturated rings. The van der Waals surface area contributed by atoms with Gasteiger partial charge in [-0.1, -0.05) is 19.6 Å². The van der Waals surface area contributed by atoms with Gasteiger partial charge in [-0.25, -0.2) is 0 Å². The third kappa shape index (κ3) is 4.28. The standard InChI is InChI=1S/C9H13N3Si/c1-13(2,3)8-7-10-9-5-4-6-11-12-9/h4-6H,1-3H3,(H,10,12). The second kappa shape index (κ2) is 4.05. The van der Waals surface area contributed by atoms with E-state index in [4.69, 9.17) is 0 Å². The van der Waals surface area contributed by atoms with Gasteiger partial charge in [0.25, 0.3) is 0 Å². The summed E-state index contributed by atoms with van der Waals surface area (Å²) in [4.78, 5) is 0. The molecule has 0 bridgehead atoms. The van der Waals surface area contributed by atoms with E-state index in [0.717, 1.165) is 0 Å². The zero-order chi connectivity index (χ0) is 9.73. The molecule has 0 saturated carbocycles. The van der Waals surface area contributed by atoms with Gasteiger partial charge in [0.05, 0.1) is 0 Å². The first-order valence-corrected chi connectivity index (χ1v) is 7.64. The fraction of sp³-hybridized carbons (Fsp3) is 0.333. The molecule has 4 heteroatoms. The molecule has 0 aliphatic carbocycles. The van der Waals surface area contributed by atoms with E-state index in [9.17, 15) is 0 Å². The summed E-state index contributed by atoms with van der Waals surface area (Å²) in [5, 5.41) is 10.5. The molecule has 1 rings (SSSR count). The molecule has 0 amide bonds. The molecule has 0 unspecified atom stereocenters. The molecule has 1 aromatic rings. The maximum Gasteiger partial charge on any atom is 0.160 e. The first kappa shape index (κ1) is 9.74. The molecule has 68 valence electrons. The molecule has 3 nitrogen and oxygen atoms in total. The number of anilines is 1. The Balaban J connectivity index is 2.56. The van der Waals surface area contributed by atoms with Crippen molar-refractivity contribution in [2.75, 3.05) is 5.32 Å². The lowest BCUT2D eigenvalue weighted by atomic mass is 10.5. The fourth-order valence-electron chi connectivity index (χ4n) is 0.651. The first-order valence-electron chi connectivity index (χ1n) is 4.14. The predicted octanol–water partition coefficient (Wildman–Crippen LogP) is 1.73. The Hall–Kier alpha value is -1.34. The minimum atomic E-state index is -1.28. The smallest absolute Gasteiger partial charge is 0.160 e. The number of aromatic nitrogens is 2. The SMILES string of the molecule is C[Si](C)(C)C#CNc1cccnn1. The molecule has 1 N–H and O–H groups in total. The van der Waals surface area contributed by atoms with Crippen molar-refractivity contribution in [3.8, 4) is 11.6 Å². The Labute approximate surface area is 79.6 Å². The van der Waals surface area contributed by atoms with Gasteiger partial charge in [0.1, 0.15) is 8.07 Å². The lowest BCUT2D eigenvalue weighted by molar-refractivity contribution is 1.04. The molecule has 13 heavy (non-hydrogen) atoms. The van der Waals surface area contributed by atoms with Crippen LogP contribution in [0.3, 0.4) is 0 Å². The molecular formula is C9H13N3Si. The van der Waals surface area contributed by atoms with Gasteiger partial charge < -0.3 is 0 Å². The van der Waals surface area contributed by atoms with E-state index in [1.807, 2.05) is 12.1 Å². The summed E-state index contributed by atoms with van der Waals surface area (Å²) in [6.07, 6.45) is 1.64. The number of hydrogen-bond donors (Lipinski definition) is 1. The van der Waals surface area contributed by atoms with Crippen molar-refractivity contribution in [3.05, 3.63) is 18.3 Å². The topological polar surface area (TPSA) is 37.8 Å². The Morgan fingerprint density at radius 1 is 1.38 bits per heavy atom. The zero-order valence-electron chi connectivity index (χ0n) is 8.13. The van der Waals surface area contributed by atoms with Crippen molar-refractivity contribution >= 4 is 13.9 Å². The first-order chi connectivity index (χ1) is 6.08. The van der Waals surface area contributed by atoms with Crippen LogP contribution in [0.25, 0.3) is 0 Å². The van der Waals surface area contributed by atoms with Crippen molar-refractivity contribution in [3.63, 3.8) is 0 Å². The maximum absolute atomic E-state index is 3.85. The minimum Gasteiger partial charge on any atom is -0.298 e. The van der Waals surface area contributed by atoms with E-state index in [1.165, 1.54) is 0 Å². The molecular weight excluding hydrogens is 178 g/mol. The minimum absolute atomic E-state index is 0.702. The summed E-state index contributed by atoms with van der Waals surface area (Å²) in [5.41, 5.74) is 3.18. The van der Waals surface area contributed by atoms with Gasteiger partial charge in [0.2, 0.25) is 0 Å². The quantitative estimate of drug-likeness (QED) is 0.417. The molecule has 0 aliphatic rings. The summed E-state index contributed by atoms with van der Waals surface area (Å²) < 4.78 is 0. The van der Waals surface area contributed by atoms with Crippen LogP contribution in [-0.2, 0) is 0 Å². The monoisotopic (exact) mass is 191 g/mol. The summed E-state index contributed by atoms with van der Waals surface area (Å²) in [5.74, 6) is 0.702. The van der Waals surface area contributed by atoms with Gasteiger partial charge in [-0.15, -0.1) is 10.6 Å². The molecule has 0 radical (unpaired) electrons. The second-order valence-electron chi connectivity index (χ2n) is 3.73. The fourth-order valence-corrected chi connectivity index (χ4v) is 1.09. The maximum atomic E-state index is 3.85. The van der Waals surface area contributed by atoms with E-state index in [0.29, 0.717) is 5.82 Å². The van der Waals surface area contributed by atoms with Crippen molar-refractivity contribution in [2.45, 2.75) is 19.6 Å². The largest absolute Gasteiger partial charge is 0.298 e. The number of nitrogens with zero attached hydrogens (tertiary/aromatic N) is 2. The Kier molecular flexibility index (Phi) is 3.04. The van der Waals surface area contributed by atoms with Crippen molar-refractivity contribution < 1.29 is 0 Å². The predicted molar refractivity (Wildman–Crippen MR) is 56.8 cm³/mol. The molecule has 1 heterocycles. The summed E-state index contributed by atoms with van der Waals surface area (Å²) in [6.45, 7) is 6.58. The Morgan fingerprint density at radius 2 is 2.15 bits per heavy atom. The van der Waals surface area contributed by atoms with Gasteiger partial charge >= 0.3 is 0 Å². The Morgan fingerprint density at radius 3 is 2.69 bits per heavy atom. The normalized spacial score (nSPS) is 10.1. The highest BCUT2D eigenvalue weighted by atomic mass is 28.3. The summed E-state index contributed by atoms with van der Waals surface area (Å²) >= 11 is 0. The average Bonchev–Trinajstić information content (AvgIpc) is 2.04. The molecule has 0 saturated heterocycles. The Bertz CT molecular complexity index is 318. The van der Waals surface area contributed by atoms with Gasteiger partial charge in [-0.2, -0.15) is 5.10 Å². The zero-order valence-corrected chi connectivity index (χ0v) is 9.13. The van der Waals surface area contributed by atoms with Crippen LogP contribution in [-0.4, -0.2) is 18.3 Å². The van der Waals surface area contributed by atoms with Crippen LogP contribution in [0.4, 0.5) is 5.82 Å². The molecule has 1 aromatic heterocycles.